The molecule has 1 aromatic rings. The van der Waals surface area contributed by atoms with Gasteiger partial charge in [-0.1, -0.05) is 0 Å². The molecule has 0 bridgehead atoms. The Morgan fingerprint density at radius 2 is 2.05 bits per heavy atom. The van der Waals surface area contributed by atoms with E-state index in [0.29, 0.717) is 11.4 Å². The molecule has 6 nitrogen and oxygen atoms in total. The van der Waals surface area contributed by atoms with Crippen LogP contribution in [0.1, 0.15) is 25.7 Å². The van der Waals surface area contributed by atoms with E-state index in [-0.39, 0.29) is 17.9 Å². The molecular weight excluding hydrogens is 248 g/mol. The lowest BCUT2D eigenvalue weighted by Crippen LogP contribution is -2.29. The number of ether oxygens (including phenoxy) is 2. The zero-order valence-corrected chi connectivity index (χ0v) is 10.9. The summed E-state index contributed by atoms with van der Waals surface area (Å²) in [5.41, 5.74) is 5.94. The minimum absolute atomic E-state index is 0.0279. The van der Waals surface area contributed by atoms with E-state index in [0.717, 1.165) is 25.7 Å². The van der Waals surface area contributed by atoms with Crippen LogP contribution in [-0.4, -0.2) is 24.2 Å². The van der Waals surface area contributed by atoms with Gasteiger partial charge in [0, 0.05) is 31.4 Å². The zero-order chi connectivity index (χ0) is 13.8. The predicted molar refractivity (Wildman–Crippen MR) is 71.2 cm³/mol. The maximum absolute atomic E-state index is 10.8. The van der Waals surface area contributed by atoms with E-state index in [9.17, 15) is 10.1 Å². The Balaban J connectivity index is 2.08. The number of rotatable bonds is 4. The molecule has 1 aliphatic rings. The molecule has 2 atom stereocenters. The number of nitrogens with two attached hydrogens (primary N) is 1. The molecule has 0 spiro atoms. The molecule has 2 N–H and O–H groups in total. The number of anilines is 1. The van der Waals surface area contributed by atoms with Crippen molar-refractivity contribution in [1.29, 1.82) is 0 Å². The number of non-ortho nitro benzene ring substituents is 1. The molecule has 0 aliphatic heterocycles. The highest BCUT2D eigenvalue weighted by Gasteiger charge is 2.23. The van der Waals surface area contributed by atoms with Gasteiger partial charge in [0.2, 0.25) is 0 Å². The number of nitrogen functional groups attached to an aromatic ring is 1. The first-order chi connectivity index (χ1) is 9.08. The molecular formula is C13H18N2O4. The maximum atomic E-state index is 10.8. The van der Waals surface area contributed by atoms with Crippen molar-refractivity contribution in [3.05, 3.63) is 28.3 Å². The van der Waals surface area contributed by atoms with Crippen molar-refractivity contribution in [2.75, 3.05) is 12.8 Å². The third-order valence-corrected chi connectivity index (χ3v) is 3.34. The van der Waals surface area contributed by atoms with Crippen molar-refractivity contribution >= 4 is 11.4 Å². The van der Waals surface area contributed by atoms with Gasteiger partial charge in [-0.3, -0.25) is 10.1 Å². The van der Waals surface area contributed by atoms with Gasteiger partial charge < -0.3 is 15.2 Å². The molecule has 6 heteroatoms. The lowest BCUT2D eigenvalue weighted by atomic mass is 9.95. The van der Waals surface area contributed by atoms with Gasteiger partial charge in [0.25, 0.3) is 5.69 Å². The second kappa shape index (κ2) is 5.88. The lowest BCUT2D eigenvalue weighted by molar-refractivity contribution is -0.384. The average Bonchev–Trinajstić information content (AvgIpc) is 2.38. The molecule has 104 valence electrons. The standard InChI is InChI=1S/C13H18N2O4/c1-18-11-3-2-4-12(8-11)19-13-6-9(14)5-10(7-13)15(16)17/h5-7,11-12H,2-4,8,14H2,1H3. The third-order valence-electron chi connectivity index (χ3n) is 3.34. The van der Waals surface area contributed by atoms with Crippen molar-refractivity contribution in [3.63, 3.8) is 0 Å². The van der Waals surface area contributed by atoms with Crippen LogP contribution in [0.25, 0.3) is 0 Å². The molecule has 1 aliphatic carbocycles. The summed E-state index contributed by atoms with van der Waals surface area (Å²) in [5, 5.41) is 10.8. The Bertz CT molecular complexity index is 464. The monoisotopic (exact) mass is 266 g/mol. The molecule has 2 unspecified atom stereocenters. The molecule has 19 heavy (non-hydrogen) atoms. The molecule has 0 aromatic heterocycles. The summed E-state index contributed by atoms with van der Waals surface area (Å²) in [7, 11) is 1.69. The summed E-state index contributed by atoms with van der Waals surface area (Å²) < 4.78 is 11.1. The van der Waals surface area contributed by atoms with E-state index in [2.05, 4.69) is 0 Å². The molecule has 1 saturated carbocycles. The van der Waals surface area contributed by atoms with Gasteiger partial charge >= 0.3 is 0 Å². The summed E-state index contributed by atoms with van der Waals surface area (Å²) in [5.74, 6) is 0.452. The number of benzene rings is 1. The highest BCUT2D eigenvalue weighted by molar-refractivity contribution is 5.53. The fourth-order valence-corrected chi connectivity index (χ4v) is 2.39. The maximum Gasteiger partial charge on any atom is 0.275 e. The largest absolute Gasteiger partial charge is 0.490 e. The van der Waals surface area contributed by atoms with E-state index in [4.69, 9.17) is 15.2 Å². The van der Waals surface area contributed by atoms with E-state index < -0.39 is 4.92 Å². The van der Waals surface area contributed by atoms with E-state index in [1.807, 2.05) is 0 Å². The average molecular weight is 266 g/mol. The molecule has 2 rings (SSSR count). The summed E-state index contributed by atoms with van der Waals surface area (Å²) in [6.07, 6.45) is 4.04. The summed E-state index contributed by atoms with van der Waals surface area (Å²) >= 11 is 0. The fourth-order valence-electron chi connectivity index (χ4n) is 2.39. The highest BCUT2D eigenvalue weighted by Crippen LogP contribution is 2.29. The normalized spacial score (nSPS) is 23.0. The van der Waals surface area contributed by atoms with Gasteiger partial charge in [0.1, 0.15) is 11.9 Å². The van der Waals surface area contributed by atoms with Gasteiger partial charge in [0.05, 0.1) is 17.1 Å². The smallest absolute Gasteiger partial charge is 0.275 e. The van der Waals surface area contributed by atoms with Crippen molar-refractivity contribution in [2.24, 2.45) is 0 Å². The van der Waals surface area contributed by atoms with Crippen LogP contribution in [0, 0.1) is 10.1 Å². The second-order valence-corrected chi connectivity index (χ2v) is 4.78. The van der Waals surface area contributed by atoms with Crippen molar-refractivity contribution in [2.45, 2.75) is 37.9 Å². The first kappa shape index (κ1) is 13.6. The van der Waals surface area contributed by atoms with Crippen LogP contribution in [0.2, 0.25) is 0 Å². The molecule has 0 amide bonds. The Morgan fingerprint density at radius 3 is 2.74 bits per heavy atom. The number of nitro benzene ring substituents is 1. The van der Waals surface area contributed by atoms with Gasteiger partial charge in [-0.15, -0.1) is 0 Å². The van der Waals surface area contributed by atoms with Gasteiger partial charge in [-0.2, -0.15) is 0 Å². The Hall–Kier alpha value is -1.82. The topological polar surface area (TPSA) is 87.6 Å². The van der Waals surface area contributed by atoms with Crippen LogP contribution in [0.15, 0.2) is 18.2 Å². The first-order valence-corrected chi connectivity index (χ1v) is 6.33. The van der Waals surface area contributed by atoms with Gasteiger partial charge in [0.15, 0.2) is 0 Å². The van der Waals surface area contributed by atoms with Crippen LogP contribution < -0.4 is 10.5 Å². The highest BCUT2D eigenvalue weighted by atomic mass is 16.6. The predicted octanol–water partition coefficient (Wildman–Crippen LogP) is 2.51. The fraction of sp³-hybridized carbons (Fsp3) is 0.538. The summed E-state index contributed by atoms with van der Waals surface area (Å²) in [6.45, 7) is 0. The Labute approximate surface area is 111 Å². The number of hydrogen-bond donors (Lipinski definition) is 1. The van der Waals surface area contributed by atoms with Crippen molar-refractivity contribution < 1.29 is 14.4 Å². The second-order valence-electron chi connectivity index (χ2n) is 4.78. The lowest BCUT2D eigenvalue weighted by Gasteiger charge is -2.28. The summed E-state index contributed by atoms with van der Waals surface area (Å²) in [6, 6.07) is 4.35. The van der Waals surface area contributed by atoms with E-state index >= 15 is 0 Å². The molecule has 0 saturated heterocycles. The van der Waals surface area contributed by atoms with Crippen LogP contribution in [-0.2, 0) is 4.74 Å². The minimum atomic E-state index is -0.470. The summed E-state index contributed by atoms with van der Waals surface area (Å²) in [4.78, 5) is 10.3. The molecule has 1 aromatic carbocycles. The number of nitrogens with zero attached hydrogens (tertiary/aromatic N) is 1. The van der Waals surface area contributed by atoms with Gasteiger partial charge in [-0.25, -0.2) is 0 Å². The SMILES string of the molecule is COC1CCCC(Oc2cc(N)cc([N+](=O)[O-])c2)C1. The molecule has 0 radical (unpaired) electrons. The Kier molecular flexibility index (Phi) is 4.21. The van der Waals surface area contributed by atoms with Crippen LogP contribution in [0.3, 0.4) is 0 Å². The first-order valence-electron chi connectivity index (χ1n) is 6.33. The molecule has 1 fully saturated rings. The van der Waals surface area contributed by atoms with Crippen LogP contribution in [0.4, 0.5) is 11.4 Å². The third kappa shape index (κ3) is 3.57. The quantitative estimate of drug-likeness (QED) is 0.514. The number of hydrogen-bond acceptors (Lipinski definition) is 5. The van der Waals surface area contributed by atoms with E-state index in [1.54, 1.807) is 13.2 Å². The van der Waals surface area contributed by atoms with E-state index in [1.165, 1.54) is 12.1 Å². The number of methoxy groups -OCH3 is 1. The number of nitro groups is 1. The minimum Gasteiger partial charge on any atom is -0.490 e. The molecule has 0 heterocycles. The van der Waals surface area contributed by atoms with Crippen LogP contribution in [0.5, 0.6) is 5.75 Å². The van der Waals surface area contributed by atoms with Crippen LogP contribution >= 0.6 is 0 Å². The Morgan fingerprint density at radius 1 is 1.32 bits per heavy atom. The van der Waals surface area contributed by atoms with Crippen molar-refractivity contribution in [1.82, 2.24) is 0 Å². The van der Waals surface area contributed by atoms with Gasteiger partial charge in [-0.05, 0) is 19.3 Å². The zero-order valence-electron chi connectivity index (χ0n) is 10.9. The van der Waals surface area contributed by atoms with Crippen molar-refractivity contribution in [3.8, 4) is 5.75 Å².